The standard InChI is InChI=1S/C38H40ClF2N5O4/c1-37(11-14-45(15-12-37)36(48)49-21-23-6-3-2-4-7-23)34-28-19-42-32(27-16-26(47)17-29(39)30(27)24-8-9-24)31(41)33(28)43-35(44-34)50-22-38-10-5-13-46(38)20-25(40)18-38/h2-4,6-7,16-17,19,24-25,47H,5,8-15,18,20-22H2,1H3/t25-,38+/m1/s1. The molecule has 4 aliphatic rings. The summed E-state index contributed by atoms with van der Waals surface area (Å²) in [5, 5.41) is 11.3. The summed E-state index contributed by atoms with van der Waals surface area (Å²) < 4.78 is 43.3. The highest BCUT2D eigenvalue weighted by molar-refractivity contribution is 6.32. The summed E-state index contributed by atoms with van der Waals surface area (Å²) in [5.74, 6) is -0.569. The maximum atomic E-state index is 16.9. The van der Waals surface area contributed by atoms with Crippen LogP contribution in [0.3, 0.4) is 0 Å². The van der Waals surface area contributed by atoms with Gasteiger partial charge in [0.15, 0.2) is 5.82 Å². The molecule has 4 aromatic rings. The summed E-state index contributed by atoms with van der Waals surface area (Å²) in [4.78, 5) is 31.0. The van der Waals surface area contributed by atoms with Crippen LogP contribution in [0.4, 0.5) is 13.6 Å². The Morgan fingerprint density at radius 2 is 1.88 bits per heavy atom. The maximum absolute atomic E-state index is 16.9. The van der Waals surface area contributed by atoms with Gasteiger partial charge in [0.05, 0.1) is 11.2 Å². The van der Waals surface area contributed by atoms with Crippen LogP contribution in [-0.2, 0) is 16.8 Å². The number of nitrogens with zero attached hydrogens (tertiary/aromatic N) is 5. The first-order chi connectivity index (χ1) is 24.1. The minimum Gasteiger partial charge on any atom is -0.508 e. The van der Waals surface area contributed by atoms with Crippen molar-refractivity contribution in [3.05, 3.63) is 76.3 Å². The number of fused-ring (bicyclic) bond motifs is 2. The second-order valence-electron chi connectivity index (χ2n) is 14.7. The van der Waals surface area contributed by atoms with Gasteiger partial charge < -0.3 is 19.5 Å². The van der Waals surface area contributed by atoms with E-state index < -0.39 is 22.9 Å². The highest BCUT2D eigenvalue weighted by Crippen LogP contribution is 2.49. The predicted octanol–water partition coefficient (Wildman–Crippen LogP) is 7.71. The second kappa shape index (κ2) is 12.9. The molecule has 2 aromatic heterocycles. The third kappa shape index (κ3) is 6.12. The van der Waals surface area contributed by atoms with Crippen LogP contribution in [0.25, 0.3) is 22.2 Å². The average molecular weight is 704 g/mol. The Hall–Kier alpha value is -4.09. The van der Waals surface area contributed by atoms with Crippen LogP contribution < -0.4 is 4.74 Å². The number of phenolic OH excluding ortho intramolecular Hbond substituents is 1. The number of ether oxygens (including phenoxy) is 2. The Morgan fingerprint density at radius 1 is 1.10 bits per heavy atom. The van der Waals surface area contributed by atoms with Crippen molar-refractivity contribution < 1.29 is 28.2 Å². The third-order valence-corrected chi connectivity index (χ3v) is 11.5. The lowest BCUT2D eigenvalue weighted by molar-refractivity contribution is 0.0786. The summed E-state index contributed by atoms with van der Waals surface area (Å²) in [6, 6.07) is 12.5. The number of alkyl halides is 1. The topological polar surface area (TPSA) is 101 Å². The number of hydrogen-bond donors (Lipinski definition) is 1. The molecule has 5 heterocycles. The molecule has 12 heteroatoms. The van der Waals surface area contributed by atoms with Gasteiger partial charge in [0.2, 0.25) is 0 Å². The number of piperidine rings is 1. The van der Waals surface area contributed by atoms with Gasteiger partial charge in [0.25, 0.3) is 0 Å². The van der Waals surface area contributed by atoms with Gasteiger partial charge in [-0.1, -0.05) is 48.9 Å². The van der Waals surface area contributed by atoms with E-state index >= 15 is 4.39 Å². The van der Waals surface area contributed by atoms with Gasteiger partial charge in [-0.05, 0) is 74.2 Å². The second-order valence-corrected chi connectivity index (χ2v) is 15.1. The molecule has 0 radical (unpaired) electrons. The molecule has 262 valence electrons. The van der Waals surface area contributed by atoms with Crippen LogP contribution in [-0.4, -0.2) is 80.4 Å². The third-order valence-electron chi connectivity index (χ3n) is 11.2. The van der Waals surface area contributed by atoms with E-state index in [-0.39, 0.29) is 48.2 Å². The van der Waals surface area contributed by atoms with Gasteiger partial charge in [-0.2, -0.15) is 9.97 Å². The molecule has 2 aromatic carbocycles. The van der Waals surface area contributed by atoms with E-state index in [4.69, 9.17) is 26.1 Å². The summed E-state index contributed by atoms with van der Waals surface area (Å²) in [6.07, 6.45) is 5.36. The summed E-state index contributed by atoms with van der Waals surface area (Å²) in [6.45, 7) is 4.48. The van der Waals surface area contributed by atoms with E-state index in [1.54, 1.807) is 11.1 Å². The number of pyridine rings is 1. The number of likely N-dealkylation sites (tertiary alicyclic amines) is 1. The van der Waals surface area contributed by atoms with E-state index in [0.717, 1.165) is 43.4 Å². The number of phenols is 1. The molecule has 1 N–H and O–H groups in total. The molecule has 50 heavy (non-hydrogen) atoms. The number of rotatable bonds is 8. The first kappa shape index (κ1) is 33.1. The molecule has 0 bridgehead atoms. The molecule has 0 spiro atoms. The maximum Gasteiger partial charge on any atom is 0.410 e. The minimum atomic E-state index is -0.920. The molecule has 3 aliphatic heterocycles. The normalized spacial score (nSPS) is 23.3. The molecular formula is C38H40ClF2N5O4. The lowest BCUT2D eigenvalue weighted by atomic mass is 9.76. The first-order valence-corrected chi connectivity index (χ1v) is 17.9. The molecular weight excluding hydrogens is 664 g/mol. The monoisotopic (exact) mass is 703 g/mol. The minimum absolute atomic E-state index is 0.0226. The van der Waals surface area contributed by atoms with Gasteiger partial charge in [0.1, 0.15) is 36.3 Å². The van der Waals surface area contributed by atoms with Crippen LogP contribution in [0.5, 0.6) is 11.8 Å². The molecule has 0 unspecified atom stereocenters. The van der Waals surface area contributed by atoms with Crippen molar-refractivity contribution in [2.45, 2.75) is 81.5 Å². The smallest absolute Gasteiger partial charge is 0.410 e. The number of amides is 1. The van der Waals surface area contributed by atoms with Crippen LogP contribution in [0, 0.1) is 5.82 Å². The molecule has 1 saturated carbocycles. The molecule has 9 nitrogen and oxygen atoms in total. The fourth-order valence-electron chi connectivity index (χ4n) is 8.21. The zero-order chi connectivity index (χ0) is 34.6. The summed E-state index contributed by atoms with van der Waals surface area (Å²) in [7, 11) is 0. The Bertz CT molecular complexity index is 1940. The highest BCUT2D eigenvalue weighted by atomic mass is 35.5. The number of aromatic nitrogens is 3. The molecule has 2 atom stereocenters. The van der Waals surface area contributed by atoms with Gasteiger partial charge in [-0.3, -0.25) is 9.88 Å². The highest BCUT2D eigenvalue weighted by Gasteiger charge is 2.49. The fraction of sp³-hybridized carbons (Fsp3) is 0.474. The number of halogens is 3. The van der Waals surface area contributed by atoms with Crippen LogP contribution >= 0.6 is 11.6 Å². The first-order valence-electron chi connectivity index (χ1n) is 17.5. The van der Waals surface area contributed by atoms with E-state index in [9.17, 15) is 14.3 Å². The van der Waals surface area contributed by atoms with E-state index in [2.05, 4.69) is 21.8 Å². The summed E-state index contributed by atoms with van der Waals surface area (Å²) in [5.41, 5.74) is 1.78. The number of benzene rings is 2. The number of hydrogen-bond acceptors (Lipinski definition) is 8. The molecule has 8 rings (SSSR count). The average Bonchev–Trinajstić information content (AvgIpc) is 3.79. The van der Waals surface area contributed by atoms with E-state index in [1.807, 2.05) is 30.3 Å². The van der Waals surface area contributed by atoms with Crippen LogP contribution in [0.2, 0.25) is 5.02 Å². The lowest BCUT2D eigenvalue weighted by Crippen LogP contribution is -2.45. The van der Waals surface area contributed by atoms with Gasteiger partial charge in [-0.25, -0.2) is 13.6 Å². The fourth-order valence-corrected chi connectivity index (χ4v) is 8.58. The van der Waals surface area contributed by atoms with Gasteiger partial charge in [0, 0.05) is 53.6 Å². The summed E-state index contributed by atoms with van der Waals surface area (Å²) >= 11 is 6.58. The largest absolute Gasteiger partial charge is 0.508 e. The quantitative estimate of drug-likeness (QED) is 0.199. The van der Waals surface area contributed by atoms with Gasteiger partial charge in [-0.15, -0.1) is 0 Å². The van der Waals surface area contributed by atoms with Gasteiger partial charge >= 0.3 is 12.1 Å². The number of carbonyl (C=O) groups excluding carboxylic acids is 1. The van der Waals surface area contributed by atoms with E-state index in [1.165, 1.54) is 12.1 Å². The van der Waals surface area contributed by atoms with Crippen molar-refractivity contribution in [1.29, 1.82) is 0 Å². The molecule has 1 amide bonds. The molecule has 3 saturated heterocycles. The Labute approximate surface area is 294 Å². The molecule has 1 aliphatic carbocycles. The molecule has 4 fully saturated rings. The number of aromatic hydroxyl groups is 1. The van der Waals surface area contributed by atoms with Crippen molar-refractivity contribution in [1.82, 2.24) is 24.8 Å². The Morgan fingerprint density at radius 3 is 2.64 bits per heavy atom. The van der Waals surface area contributed by atoms with Crippen molar-refractivity contribution in [2.24, 2.45) is 0 Å². The SMILES string of the molecule is CC1(c2nc(OC[C@@]34CCCN3C[C@H](F)C4)nc3c(F)c(-c4cc(O)cc(Cl)c4C4CC4)ncc23)CCN(C(=O)OCc2ccccc2)CC1. The van der Waals surface area contributed by atoms with Crippen molar-refractivity contribution in [3.63, 3.8) is 0 Å². The van der Waals surface area contributed by atoms with Crippen molar-refractivity contribution in [3.8, 4) is 23.0 Å². The van der Waals surface area contributed by atoms with Crippen molar-refractivity contribution >= 4 is 28.6 Å². The Balaban J connectivity index is 1.13. The van der Waals surface area contributed by atoms with E-state index in [0.29, 0.717) is 60.6 Å². The number of carbonyl (C=O) groups is 1. The van der Waals surface area contributed by atoms with Crippen molar-refractivity contribution in [2.75, 3.05) is 32.8 Å². The van der Waals surface area contributed by atoms with Crippen LogP contribution in [0.15, 0.2) is 48.7 Å². The zero-order valence-electron chi connectivity index (χ0n) is 28.0. The lowest BCUT2D eigenvalue weighted by Gasteiger charge is -2.39. The van der Waals surface area contributed by atoms with Crippen LogP contribution in [0.1, 0.15) is 74.6 Å². The zero-order valence-corrected chi connectivity index (χ0v) is 28.8. The predicted molar refractivity (Wildman–Crippen MR) is 185 cm³/mol. The Kier molecular flexibility index (Phi) is 8.54.